The van der Waals surface area contributed by atoms with E-state index in [-0.39, 0.29) is 12.5 Å². The number of benzene rings is 2. The number of rotatable bonds is 18. The molecule has 2 aromatic carbocycles. The van der Waals surface area contributed by atoms with Crippen molar-refractivity contribution in [2.24, 2.45) is 5.73 Å². The average molecular weight is 525 g/mol. The Morgan fingerprint density at radius 2 is 1.50 bits per heavy atom. The van der Waals surface area contributed by atoms with Crippen molar-refractivity contribution in [1.29, 1.82) is 0 Å². The topological polar surface area (TPSA) is 169 Å². The lowest BCUT2D eigenvalue weighted by Gasteiger charge is -2.12. The molecule has 3 rings (SSSR count). The van der Waals surface area contributed by atoms with Crippen molar-refractivity contribution in [3.05, 3.63) is 65.7 Å². The smallest absolute Gasteiger partial charge is 0.251 e. The first-order valence-electron chi connectivity index (χ1n) is 12.6. The van der Waals surface area contributed by atoms with E-state index in [2.05, 4.69) is 36.2 Å². The lowest BCUT2D eigenvalue weighted by Crippen LogP contribution is -2.27. The molecule has 0 fully saturated rings. The molecule has 0 bridgehead atoms. The van der Waals surface area contributed by atoms with E-state index in [4.69, 9.17) is 20.3 Å². The monoisotopic (exact) mass is 524 g/mol. The number of nitrogens with one attached hydrogen (secondary N) is 4. The van der Waals surface area contributed by atoms with Crippen LogP contribution in [0.2, 0.25) is 0 Å². The minimum absolute atomic E-state index is 0.0689. The molecule has 1 heterocycles. The van der Waals surface area contributed by atoms with Crippen LogP contribution < -0.4 is 27.0 Å². The number of nitrogens with two attached hydrogens (primary N) is 1. The third-order valence-corrected chi connectivity index (χ3v) is 5.12. The third kappa shape index (κ3) is 10.6. The predicted molar refractivity (Wildman–Crippen MR) is 147 cm³/mol. The molecule has 12 nitrogen and oxygen atoms in total. The van der Waals surface area contributed by atoms with Crippen LogP contribution in [0.15, 0.2) is 54.6 Å². The number of aromatic nitrogens is 3. The minimum atomic E-state index is -0.192. The number of hydrogen-bond acceptors (Lipinski definition) is 11. The molecule has 7 N–H and O–H groups in total. The normalized spacial score (nSPS) is 10.7. The Hall–Kier alpha value is -3.84. The number of carbonyl (C=O) groups is 1. The first-order valence-corrected chi connectivity index (χ1v) is 12.6. The van der Waals surface area contributed by atoms with Gasteiger partial charge in [0.2, 0.25) is 17.8 Å². The Kier molecular flexibility index (Phi) is 12.7. The molecule has 1 aromatic heterocycles. The summed E-state index contributed by atoms with van der Waals surface area (Å²) in [5.74, 6) is 0.937. The van der Waals surface area contributed by atoms with Crippen LogP contribution in [0.25, 0.3) is 0 Å². The van der Waals surface area contributed by atoms with Crippen molar-refractivity contribution < 1.29 is 19.4 Å². The van der Waals surface area contributed by atoms with E-state index in [0.29, 0.717) is 88.1 Å². The Balaban J connectivity index is 1.54. The van der Waals surface area contributed by atoms with E-state index in [1.165, 1.54) is 0 Å². The van der Waals surface area contributed by atoms with Gasteiger partial charge >= 0.3 is 0 Å². The fourth-order valence-corrected chi connectivity index (χ4v) is 3.22. The zero-order valence-corrected chi connectivity index (χ0v) is 21.4. The van der Waals surface area contributed by atoms with Crippen molar-refractivity contribution in [2.45, 2.75) is 13.0 Å². The van der Waals surface area contributed by atoms with Gasteiger partial charge in [0.25, 0.3) is 5.91 Å². The SMILES string of the molecule is NCCOCCOCCNC(=O)c1ccc(Nc2nc(NCCCO)nc(NCc3ccccc3)n2)cc1. The van der Waals surface area contributed by atoms with E-state index in [0.717, 1.165) is 5.56 Å². The van der Waals surface area contributed by atoms with Crippen LogP contribution in [0.5, 0.6) is 0 Å². The molecule has 0 spiro atoms. The molecule has 0 atom stereocenters. The summed E-state index contributed by atoms with van der Waals surface area (Å²) >= 11 is 0. The number of nitrogens with zero attached hydrogens (tertiary/aromatic N) is 3. The summed E-state index contributed by atoms with van der Waals surface area (Å²) in [5, 5.41) is 21.4. The highest BCUT2D eigenvalue weighted by atomic mass is 16.5. The van der Waals surface area contributed by atoms with Gasteiger partial charge in [0, 0.05) is 44.0 Å². The van der Waals surface area contributed by atoms with E-state index in [1.807, 2.05) is 30.3 Å². The van der Waals surface area contributed by atoms with Gasteiger partial charge in [-0.25, -0.2) is 0 Å². The summed E-state index contributed by atoms with van der Waals surface area (Å²) in [7, 11) is 0. The lowest BCUT2D eigenvalue weighted by atomic mass is 10.2. The average Bonchev–Trinajstić information content (AvgIpc) is 2.94. The summed E-state index contributed by atoms with van der Waals surface area (Å²) in [6.07, 6.45) is 0.570. The Morgan fingerprint density at radius 1 is 0.816 bits per heavy atom. The highest BCUT2D eigenvalue weighted by molar-refractivity contribution is 5.94. The van der Waals surface area contributed by atoms with Crippen molar-refractivity contribution in [1.82, 2.24) is 20.3 Å². The summed E-state index contributed by atoms with van der Waals surface area (Å²) < 4.78 is 10.6. The van der Waals surface area contributed by atoms with Gasteiger partial charge in [-0.05, 0) is 36.2 Å². The van der Waals surface area contributed by atoms with Crippen LogP contribution in [0.4, 0.5) is 23.5 Å². The zero-order chi connectivity index (χ0) is 26.8. The highest BCUT2D eigenvalue weighted by Crippen LogP contribution is 2.17. The zero-order valence-electron chi connectivity index (χ0n) is 21.4. The Bertz CT molecular complexity index is 1090. The van der Waals surface area contributed by atoms with Crippen LogP contribution >= 0.6 is 0 Å². The first kappa shape index (κ1) is 28.7. The Labute approximate surface area is 222 Å². The van der Waals surface area contributed by atoms with Crippen LogP contribution in [0.1, 0.15) is 22.3 Å². The van der Waals surface area contributed by atoms with Gasteiger partial charge < -0.3 is 41.6 Å². The maximum atomic E-state index is 12.4. The molecule has 0 radical (unpaired) electrons. The second-order valence-electron chi connectivity index (χ2n) is 8.12. The highest BCUT2D eigenvalue weighted by Gasteiger charge is 2.09. The van der Waals surface area contributed by atoms with Gasteiger partial charge in [-0.2, -0.15) is 15.0 Å². The van der Waals surface area contributed by atoms with Gasteiger partial charge in [0.1, 0.15) is 0 Å². The summed E-state index contributed by atoms with van der Waals surface area (Å²) in [6.45, 7) is 3.86. The fraction of sp³-hybridized carbons (Fsp3) is 0.385. The van der Waals surface area contributed by atoms with Gasteiger partial charge in [-0.15, -0.1) is 0 Å². The maximum absolute atomic E-state index is 12.4. The molecular formula is C26H36N8O4. The molecule has 12 heteroatoms. The van der Waals surface area contributed by atoms with Gasteiger partial charge in [0.15, 0.2) is 0 Å². The third-order valence-electron chi connectivity index (χ3n) is 5.12. The number of hydrogen-bond donors (Lipinski definition) is 6. The van der Waals surface area contributed by atoms with E-state index in [9.17, 15) is 4.79 Å². The summed E-state index contributed by atoms with van der Waals surface area (Å²) in [6, 6.07) is 16.9. The largest absolute Gasteiger partial charge is 0.396 e. The van der Waals surface area contributed by atoms with Crippen molar-refractivity contribution >= 4 is 29.4 Å². The lowest BCUT2D eigenvalue weighted by molar-refractivity contribution is 0.0511. The number of amides is 1. The molecule has 1 amide bonds. The van der Waals surface area contributed by atoms with Crippen molar-refractivity contribution in [3.8, 4) is 0 Å². The van der Waals surface area contributed by atoms with Crippen LogP contribution in [0, 0.1) is 0 Å². The standard InChI is InChI=1S/C26H36N8O4/c27-11-15-37-17-18-38-16-13-28-23(36)21-7-9-22(10-8-21)31-26-33-24(29-12-4-14-35)32-25(34-26)30-19-20-5-2-1-3-6-20/h1-3,5-10,35H,4,11-19,27H2,(H,28,36)(H3,29,30,31,32,33,34). The molecule has 38 heavy (non-hydrogen) atoms. The van der Waals surface area contributed by atoms with Gasteiger partial charge in [-0.3, -0.25) is 4.79 Å². The van der Waals surface area contributed by atoms with Gasteiger partial charge in [0.05, 0.1) is 26.4 Å². The van der Waals surface area contributed by atoms with Crippen molar-refractivity contribution in [2.75, 3.05) is 68.6 Å². The Morgan fingerprint density at radius 3 is 2.21 bits per heavy atom. The van der Waals surface area contributed by atoms with Gasteiger partial charge in [-0.1, -0.05) is 30.3 Å². The minimum Gasteiger partial charge on any atom is -0.396 e. The van der Waals surface area contributed by atoms with Crippen LogP contribution in [-0.4, -0.2) is 78.6 Å². The van der Waals surface area contributed by atoms with Crippen LogP contribution in [-0.2, 0) is 16.0 Å². The molecular weight excluding hydrogens is 488 g/mol. The number of aliphatic hydroxyl groups excluding tert-OH is 1. The molecule has 0 saturated carbocycles. The molecule has 0 unspecified atom stereocenters. The number of carbonyl (C=O) groups excluding carboxylic acids is 1. The second-order valence-corrected chi connectivity index (χ2v) is 8.12. The number of aliphatic hydroxyl groups is 1. The summed E-state index contributed by atoms with van der Waals surface area (Å²) in [5.41, 5.74) is 7.68. The van der Waals surface area contributed by atoms with Crippen LogP contribution in [0.3, 0.4) is 0 Å². The van der Waals surface area contributed by atoms with E-state index < -0.39 is 0 Å². The molecule has 0 saturated heterocycles. The molecule has 204 valence electrons. The van der Waals surface area contributed by atoms with Crippen molar-refractivity contribution in [3.63, 3.8) is 0 Å². The maximum Gasteiger partial charge on any atom is 0.251 e. The fourth-order valence-electron chi connectivity index (χ4n) is 3.22. The molecule has 0 aliphatic carbocycles. The van der Waals surface area contributed by atoms with E-state index >= 15 is 0 Å². The second kappa shape index (κ2) is 16.8. The molecule has 0 aliphatic rings. The predicted octanol–water partition coefficient (Wildman–Crippen LogP) is 1.74. The quantitative estimate of drug-likeness (QED) is 0.134. The summed E-state index contributed by atoms with van der Waals surface area (Å²) in [4.78, 5) is 25.7. The number of anilines is 4. The first-order chi connectivity index (χ1) is 18.7. The van der Waals surface area contributed by atoms with E-state index in [1.54, 1.807) is 24.3 Å². The number of ether oxygens (including phenoxy) is 2. The molecule has 0 aliphatic heterocycles. The molecule has 3 aromatic rings.